The Bertz CT molecular complexity index is 4250. The molecule has 0 radical (unpaired) electrons. The molecule has 0 aliphatic carbocycles. The van der Waals surface area contributed by atoms with Gasteiger partial charge in [-0.15, -0.1) is 0 Å². The minimum Gasteiger partial charge on any atom is -0.455 e. The van der Waals surface area contributed by atoms with Crippen LogP contribution in [-0.2, 0) is 0 Å². The van der Waals surface area contributed by atoms with Gasteiger partial charge in [0, 0.05) is 65.8 Å². The molecule has 0 amide bonds. The maximum Gasteiger partial charge on any atom is 0.164 e. The van der Waals surface area contributed by atoms with Crippen molar-refractivity contribution in [2.45, 2.75) is 0 Å². The highest BCUT2D eigenvalue weighted by Gasteiger charge is 2.21. The zero-order chi connectivity index (χ0) is 45.4. The summed E-state index contributed by atoms with van der Waals surface area (Å²) in [6.45, 7) is 0. The van der Waals surface area contributed by atoms with E-state index in [1.165, 1.54) is 21.9 Å². The third-order valence-corrected chi connectivity index (χ3v) is 13.5. The Labute approximate surface area is 396 Å². The highest BCUT2D eigenvalue weighted by molar-refractivity contribution is 6.18. The van der Waals surface area contributed by atoms with Crippen LogP contribution in [0.2, 0.25) is 0 Å². The van der Waals surface area contributed by atoms with Gasteiger partial charge in [-0.1, -0.05) is 182 Å². The van der Waals surface area contributed by atoms with Crippen LogP contribution in [-0.4, -0.2) is 19.5 Å². The van der Waals surface area contributed by atoms with Gasteiger partial charge in [0.15, 0.2) is 17.5 Å². The summed E-state index contributed by atoms with van der Waals surface area (Å²) in [6.07, 6.45) is 0. The molecule has 6 heteroatoms. The topological polar surface area (TPSA) is 69.9 Å². The first-order chi connectivity index (χ1) is 34.2. The molecule has 322 valence electrons. The number of furan rings is 2. The Balaban J connectivity index is 0.879. The SMILES string of the molecule is c1ccc(-c2ccc3c(c2)c2ccccc2n3-c2ccc3oc4c(-c5cccc6c5oc5cccc(-c7cccc(-c8nc(-c9ccccc9)nc(-c9ccccc9)n8)c7)c56)cccc4c3c2)cc1. The average molecular weight is 883 g/mol. The quantitative estimate of drug-likeness (QED) is 0.159. The fourth-order valence-electron chi connectivity index (χ4n) is 10.3. The van der Waals surface area contributed by atoms with Crippen molar-refractivity contribution >= 4 is 65.7 Å². The zero-order valence-electron chi connectivity index (χ0n) is 37.0. The fourth-order valence-corrected chi connectivity index (χ4v) is 10.3. The van der Waals surface area contributed by atoms with Crippen molar-refractivity contribution < 1.29 is 8.83 Å². The smallest absolute Gasteiger partial charge is 0.164 e. The van der Waals surface area contributed by atoms with E-state index >= 15 is 0 Å². The van der Waals surface area contributed by atoms with E-state index in [-0.39, 0.29) is 0 Å². The van der Waals surface area contributed by atoms with Gasteiger partial charge < -0.3 is 13.4 Å². The maximum atomic E-state index is 6.88. The van der Waals surface area contributed by atoms with Crippen molar-refractivity contribution in [2.75, 3.05) is 0 Å². The first-order valence-corrected chi connectivity index (χ1v) is 23.2. The Hall–Kier alpha value is -9.39. The molecule has 6 nitrogen and oxygen atoms in total. The summed E-state index contributed by atoms with van der Waals surface area (Å²) >= 11 is 0. The lowest BCUT2D eigenvalue weighted by atomic mass is 9.96. The van der Waals surface area contributed by atoms with Crippen LogP contribution >= 0.6 is 0 Å². The first kappa shape index (κ1) is 38.8. The molecule has 0 saturated carbocycles. The van der Waals surface area contributed by atoms with Crippen molar-refractivity contribution in [2.24, 2.45) is 0 Å². The second kappa shape index (κ2) is 15.6. The maximum absolute atomic E-state index is 6.88. The van der Waals surface area contributed by atoms with Crippen molar-refractivity contribution in [3.63, 3.8) is 0 Å². The number of hydrogen-bond acceptors (Lipinski definition) is 5. The molecule has 0 saturated heterocycles. The molecular formula is C63H38N4O2. The second-order valence-corrected chi connectivity index (χ2v) is 17.5. The van der Waals surface area contributed by atoms with E-state index in [4.69, 9.17) is 23.8 Å². The number of nitrogens with zero attached hydrogens (tertiary/aromatic N) is 4. The van der Waals surface area contributed by atoms with Gasteiger partial charge >= 0.3 is 0 Å². The third kappa shape index (κ3) is 6.38. The molecule has 4 heterocycles. The van der Waals surface area contributed by atoms with E-state index < -0.39 is 0 Å². The lowest BCUT2D eigenvalue weighted by Crippen LogP contribution is -2.00. The third-order valence-electron chi connectivity index (χ3n) is 13.5. The number of para-hydroxylation sites is 3. The van der Waals surface area contributed by atoms with Crippen molar-refractivity contribution in [1.29, 1.82) is 0 Å². The standard InChI is InChI=1S/C63H38N4O2/c1-4-16-39(17-5-1)42-32-34-55-52(37-42)47-24-10-11-30-54(47)67(55)45-33-35-56-53(38-45)50-28-13-26-48(59(50)68-56)49-27-14-29-51-58-46(25-15-31-57(58)69-60(49)51)43-22-12-23-44(36-43)63-65-61(40-18-6-2-7-19-40)64-62(66-63)41-20-8-3-9-21-41/h1-38H. The van der Waals surface area contributed by atoms with E-state index in [0.29, 0.717) is 17.5 Å². The van der Waals surface area contributed by atoms with Gasteiger partial charge in [0.05, 0.1) is 11.0 Å². The van der Waals surface area contributed by atoms with Crippen LogP contribution in [0.4, 0.5) is 0 Å². The minimum absolute atomic E-state index is 0.606. The number of fused-ring (bicyclic) bond motifs is 9. The lowest BCUT2D eigenvalue weighted by molar-refractivity contribution is 0.665. The number of rotatable bonds is 7. The van der Waals surface area contributed by atoms with Gasteiger partial charge in [-0.2, -0.15) is 0 Å². The van der Waals surface area contributed by atoms with E-state index in [9.17, 15) is 0 Å². The van der Waals surface area contributed by atoms with Crippen LogP contribution in [0, 0.1) is 0 Å². The Morgan fingerprint density at radius 2 is 0.826 bits per heavy atom. The van der Waals surface area contributed by atoms with Crippen molar-refractivity contribution in [1.82, 2.24) is 19.5 Å². The predicted molar refractivity (Wildman–Crippen MR) is 281 cm³/mol. The molecule has 0 N–H and O–H groups in total. The summed E-state index contributed by atoms with van der Waals surface area (Å²) in [5, 5.41) is 6.61. The minimum atomic E-state index is 0.606. The van der Waals surface area contributed by atoms with E-state index in [1.807, 2.05) is 60.7 Å². The van der Waals surface area contributed by atoms with E-state index in [0.717, 1.165) is 99.5 Å². The highest BCUT2D eigenvalue weighted by atomic mass is 16.3. The van der Waals surface area contributed by atoms with Crippen LogP contribution in [0.1, 0.15) is 0 Å². The van der Waals surface area contributed by atoms with Gasteiger partial charge in [0.25, 0.3) is 0 Å². The summed E-state index contributed by atoms with van der Waals surface area (Å²) in [6, 6.07) is 80.3. The monoisotopic (exact) mass is 882 g/mol. The second-order valence-electron chi connectivity index (χ2n) is 17.5. The van der Waals surface area contributed by atoms with E-state index in [2.05, 4.69) is 174 Å². The molecule has 0 aliphatic rings. The van der Waals surface area contributed by atoms with E-state index in [1.54, 1.807) is 0 Å². The molecule has 14 rings (SSSR count). The normalized spacial score (nSPS) is 11.8. The summed E-state index contributed by atoms with van der Waals surface area (Å²) in [5.74, 6) is 1.86. The first-order valence-electron chi connectivity index (χ1n) is 23.2. The number of hydrogen-bond donors (Lipinski definition) is 0. The predicted octanol–water partition coefficient (Wildman–Crippen LogP) is 16.8. The van der Waals surface area contributed by atoms with Gasteiger partial charge in [-0.05, 0) is 70.8 Å². The largest absolute Gasteiger partial charge is 0.455 e. The van der Waals surface area contributed by atoms with Gasteiger partial charge in [-0.25, -0.2) is 15.0 Å². The summed E-state index contributed by atoms with van der Waals surface area (Å²) in [5.41, 5.74) is 15.9. The number of aromatic nitrogens is 4. The van der Waals surface area contributed by atoms with Gasteiger partial charge in [0.1, 0.15) is 22.3 Å². The summed E-state index contributed by atoms with van der Waals surface area (Å²) in [7, 11) is 0. The van der Waals surface area contributed by atoms with Crippen LogP contribution in [0.25, 0.3) is 139 Å². The molecule has 0 aliphatic heterocycles. The van der Waals surface area contributed by atoms with Gasteiger partial charge in [-0.3, -0.25) is 0 Å². The Morgan fingerprint density at radius 1 is 0.290 bits per heavy atom. The average Bonchev–Trinajstić information content (AvgIpc) is 4.11. The molecule has 4 aromatic heterocycles. The van der Waals surface area contributed by atoms with Crippen LogP contribution < -0.4 is 0 Å². The molecule has 14 aromatic rings. The molecular weight excluding hydrogens is 845 g/mol. The molecule has 0 fully saturated rings. The van der Waals surface area contributed by atoms with Gasteiger partial charge in [0.2, 0.25) is 0 Å². The molecule has 69 heavy (non-hydrogen) atoms. The summed E-state index contributed by atoms with van der Waals surface area (Å²) in [4.78, 5) is 15.0. The Kier molecular flexibility index (Phi) is 8.79. The fraction of sp³-hybridized carbons (Fsp3) is 0. The zero-order valence-corrected chi connectivity index (χ0v) is 37.0. The molecule has 10 aromatic carbocycles. The number of benzene rings is 10. The van der Waals surface area contributed by atoms with Crippen LogP contribution in [0.5, 0.6) is 0 Å². The molecule has 0 bridgehead atoms. The molecule has 0 unspecified atom stereocenters. The van der Waals surface area contributed by atoms with Crippen LogP contribution in [0.15, 0.2) is 239 Å². The summed E-state index contributed by atoms with van der Waals surface area (Å²) < 4.78 is 16.1. The molecule has 0 spiro atoms. The molecule has 0 atom stereocenters. The lowest BCUT2D eigenvalue weighted by Gasteiger charge is -2.10. The van der Waals surface area contributed by atoms with Crippen LogP contribution in [0.3, 0.4) is 0 Å². The highest BCUT2D eigenvalue weighted by Crippen LogP contribution is 2.45. The van der Waals surface area contributed by atoms with Crippen molar-refractivity contribution in [3.8, 4) is 73.2 Å². The van der Waals surface area contributed by atoms with Crippen molar-refractivity contribution in [3.05, 3.63) is 231 Å². The Morgan fingerprint density at radius 3 is 1.57 bits per heavy atom.